The van der Waals surface area contributed by atoms with Crippen LogP contribution in [-0.2, 0) is 9.59 Å². The van der Waals surface area contributed by atoms with Gasteiger partial charge in [0.05, 0.1) is 12.3 Å². The Balaban J connectivity index is 1.43. The average Bonchev–Trinajstić information content (AvgIpc) is 3.08. The van der Waals surface area contributed by atoms with Crippen LogP contribution in [-0.4, -0.2) is 67.4 Å². The van der Waals surface area contributed by atoms with Gasteiger partial charge in [-0.2, -0.15) is 0 Å². The van der Waals surface area contributed by atoms with Gasteiger partial charge < -0.3 is 19.9 Å². The molecule has 3 amide bonds. The van der Waals surface area contributed by atoms with E-state index in [0.29, 0.717) is 29.3 Å². The minimum Gasteiger partial charge on any atom is -0.494 e. The molecule has 1 saturated heterocycles. The molecule has 9 heteroatoms. The zero-order valence-electron chi connectivity index (χ0n) is 20.1. The van der Waals surface area contributed by atoms with Crippen molar-refractivity contribution in [1.29, 1.82) is 0 Å². The maximum atomic E-state index is 13.0. The highest BCUT2D eigenvalue weighted by atomic mass is 35.5. The van der Waals surface area contributed by atoms with Crippen LogP contribution in [0.5, 0.6) is 5.75 Å². The summed E-state index contributed by atoms with van der Waals surface area (Å²) in [5, 5.41) is 2.76. The molecule has 8 nitrogen and oxygen atoms in total. The number of hydrogen-bond acceptors (Lipinski definition) is 6. The lowest BCUT2D eigenvalue weighted by Gasteiger charge is -2.35. The standard InChI is InChI=1S/C26H29ClN4O4/c1-4-35-21-11-9-20(10-12-21)31-25(33)22(27)23(26(31)34)28-18-7-5-17(6-8-18)24(32)30(3)19-13-15-29(2)16-14-19/h5-12,19,28H,4,13-16H2,1-3H3. The number of rotatable bonds is 7. The second kappa shape index (κ2) is 10.5. The van der Waals surface area contributed by atoms with E-state index in [1.807, 2.05) is 18.9 Å². The van der Waals surface area contributed by atoms with Crippen molar-refractivity contribution >= 4 is 40.7 Å². The number of carbonyl (C=O) groups excluding carboxylic acids is 3. The normalized spacial score (nSPS) is 17.2. The van der Waals surface area contributed by atoms with Gasteiger partial charge in [0.25, 0.3) is 17.7 Å². The van der Waals surface area contributed by atoms with Crippen molar-refractivity contribution in [3.63, 3.8) is 0 Å². The van der Waals surface area contributed by atoms with Crippen LogP contribution < -0.4 is 15.0 Å². The molecule has 0 spiro atoms. The fraction of sp³-hybridized carbons (Fsp3) is 0.346. The molecule has 2 aromatic carbocycles. The van der Waals surface area contributed by atoms with Gasteiger partial charge in [-0.3, -0.25) is 14.4 Å². The van der Waals surface area contributed by atoms with Crippen molar-refractivity contribution < 1.29 is 19.1 Å². The van der Waals surface area contributed by atoms with Gasteiger partial charge in [-0.05, 0) is 88.4 Å². The van der Waals surface area contributed by atoms with Crippen molar-refractivity contribution in [2.45, 2.75) is 25.8 Å². The van der Waals surface area contributed by atoms with Gasteiger partial charge in [-0.15, -0.1) is 0 Å². The summed E-state index contributed by atoms with van der Waals surface area (Å²) in [5.74, 6) is -0.554. The minimum absolute atomic E-state index is 0.00642. The summed E-state index contributed by atoms with van der Waals surface area (Å²) in [6.07, 6.45) is 1.90. The molecule has 35 heavy (non-hydrogen) atoms. The van der Waals surface area contributed by atoms with Crippen LogP contribution in [0.1, 0.15) is 30.1 Å². The highest BCUT2D eigenvalue weighted by Crippen LogP contribution is 2.31. The second-order valence-electron chi connectivity index (χ2n) is 8.71. The highest BCUT2D eigenvalue weighted by molar-refractivity contribution is 6.53. The quantitative estimate of drug-likeness (QED) is 0.589. The Kier molecular flexibility index (Phi) is 7.42. The number of imide groups is 1. The summed E-state index contributed by atoms with van der Waals surface area (Å²) in [4.78, 5) is 43.8. The molecule has 2 aliphatic rings. The number of piperidine rings is 1. The first kappa shape index (κ1) is 24.8. The molecule has 4 rings (SSSR count). The Bertz CT molecular complexity index is 1140. The largest absolute Gasteiger partial charge is 0.494 e. The predicted molar refractivity (Wildman–Crippen MR) is 136 cm³/mol. The number of hydrogen-bond donors (Lipinski definition) is 1. The third-order valence-corrected chi connectivity index (χ3v) is 6.74. The van der Waals surface area contributed by atoms with E-state index in [2.05, 4.69) is 17.3 Å². The molecular formula is C26H29ClN4O4. The number of nitrogens with one attached hydrogen (secondary N) is 1. The van der Waals surface area contributed by atoms with Gasteiger partial charge in [0.15, 0.2) is 0 Å². The lowest BCUT2D eigenvalue weighted by molar-refractivity contribution is -0.120. The number of likely N-dealkylation sites (tertiary alicyclic amines) is 1. The molecule has 1 fully saturated rings. The van der Waals surface area contributed by atoms with Crippen LogP contribution in [0, 0.1) is 0 Å². The number of ether oxygens (including phenoxy) is 1. The zero-order chi connectivity index (χ0) is 25.1. The topological polar surface area (TPSA) is 82.2 Å². The highest BCUT2D eigenvalue weighted by Gasteiger charge is 2.39. The van der Waals surface area contributed by atoms with Crippen molar-refractivity contribution in [2.24, 2.45) is 0 Å². The summed E-state index contributed by atoms with van der Waals surface area (Å²) in [6.45, 7) is 4.34. The Hall–Kier alpha value is -3.36. The van der Waals surface area contributed by atoms with Crippen LogP contribution in [0.2, 0.25) is 0 Å². The average molecular weight is 497 g/mol. The Morgan fingerprint density at radius 1 is 1.06 bits per heavy atom. The fourth-order valence-corrected chi connectivity index (χ4v) is 4.51. The van der Waals surface area contributed by atoms with Gasteiger partial charge in [0, 0.05) is 24.3 Å². The van der Waals surface area contributed by atoms with E-state index in [1.165, 1.54) is 0 Å². The molecule has 0 radical (unpaired) electrons. The summed E-state index contributed by atoms with van der Waals surface area (Å²) >= 11 is 6.23. The molecule has 0 aromatic heterocycles. The van der Waals surface area contributed by atoms with Gasteiger partial charge in [-0.1, -0.05) is 11.6 Å². The number of anilines is 2. The number of nitrogens with zero attached hydrogens (tertiary/aromatic N) is 3. The van der Waals surface area contributed by atoms with Crippen molar-refractivity contribution in [3.05, 3.63) is 64.8 Å². The Morgan fingerprint density at radius 2 is 1.69 bits per heavy atom. The smallest absolute Gasteiger partial charge is 0.283 e. The third kappa shape index (κ3) is 5.18. The number of amides is 3. The minimum atomic E-state index is -0.602. The van der Waals surface area contributed by atoms with E-state index in [4.69, 9.17) is 16.3 Å². The Morgan fingerprint density at radius 3 is 2.29 bits per heavy atom. The van der Waals surface area contributed by atoms with E-state index in [-0.39, 0.29) is 22.7 Å². The molecule has 0 saturated carbocycles. The molecule has 0 aliphatic carbocycles. The van der Waals surface area contributed by atoms with Gasteiger partial charge in [0.2, 0.25) is 0 Å². The third-order valence-electron chi connectivity index (χ3n) is 6.39. The van der Waals surface area contributed by atoms with E-state index in [0.717, 1.165) is 30.8 Å². The number of benzene rings is 2. The zero-order valence-corrected chi connectivity index (χ0v) is 20.8. The number of halogens is 1. The van der Waals surface area contributed by atoms with Crippen LogP contribution in [0.3, 0.4) is 0 Å². The van der Waals surface area contributed by atoms with Crippen LogP contribution in [0.25, 0.3) is 0 Å². The van der Waals surface area contributed by atoms with Gasteiger partial charge in [0.1, 0.15) is 16.5 Å². The molecule has 1 N–H and O–H groups in total. The van der Waals surface area contributed by atoms with Crippen LogP contribution >= 0.6 is 11.6 Å². The van der Waals surface area contributed by atoms with E-state index in [9.17, 15) is 14.4 Å². The van der Waals surface area contributed by atoms with E-state index >= 15 is 0 Å². The first-order valence-electron chi connectivity index (χ1n) is 11.6. The summed E-state index contributed by atoms with van der Waals surface area (Å²) < 4.78 is 5.41. The first-order valence-corrected chi connectivity index (χ1v) is 12.0. The van der Waals surface area contributed by atoms with Crippen LogP contribution in [0.15, 0.2) is 59.3 Å². The van der Waals surface area contributed by atoms with E-state index in [1.54, 1.807) is 48.5 Å². The maximum absolute atomic E-state index is 13.0. The summed E-state index contributed by atoms with van der Waals surface area (Å²) in [7, 11) is 3.93. The molecular weight excluding hydrogens is 468 g/mol. The molecule has 2 aliphatic heterocycles. The molecule has 2 heterocycles. The SMILES string of the molecule is CCOc1ccc(N2C(=O)C(Cl)=C(Nc3ccc(C(=O)N(C)C4CCN(C)CC4)cc3)C2=O)cc1. The lowest BCUT2D eigenvalue weighted by Crippen LogP contribution is -2.44. The van der Waals surface area contributed by atoms with Gasteiger partial charge in [-0.25, -0.2) is 4.90 Å². The monoisotopic (exact) mass is 496 g/mol. The first-order chi connectivity index (χ1) is 16.8. The van der Waals surface area contributed by atoms with Crippen molar-refractivity contribution in [3.8, 4) is 5.75 Å². The molecule has 184 valence electrons. The Labute approximate surface area is 210 Å². The predicted octanol–water partition coefficient (Wildman–Crippen LogP) is 3.69. The molecule has 0 atom stereocenters. The summed E-state index contributed by atoms with van der Waals surface area (Å²) in [5.41, 5.74) is 1.50. The van der Waals surface area contributed by atoms with Crippen molar-refractivity contribution in [1.82, 2.24) is 9.80 Å². The second-order valence-corrected chi connectivity index (χ2v) is 9.09. The molecule has 0 bridgehead atoms. The van der Waals surface area contributed by atoms with Crippen LogP contribution in [0.4, 0.5) is 11.4 Å². The van der Waals surface area contributed by atoms with E-state index < -0.39 is 11.8 Å². The lowest BCUT2D eigenvalue weighted by atomic mass is 10.0. The maximum Gasteiger partial charge on any atom is 0.283 e. The fourth-order valence-electron chi connectivity index (χ4n) is 4.30. The van der Waals surface area contributed by atoms with Crippen molar-refractivity contribution in [2.75, 3.05) is 44.0 Å². The molecule has 0 unspecified atom stereocenters. The number of carbonyl (C=O) groups is 3. The summed E-state index contributed by atoms with van der Waals surface area (Å²) in [6, 6.07) is 13.7. The van der Waals surface area contributed by atoms with Gasteiger partial charge >= 0.3 is 0 Å². The molecule has 2 aromatic rings.